The predicted molar refractivity (Wildman–Crippen MR) is 72.5 cm³/mol. The Balaban J connectivity index is 1.75. The highest BCUT2D eigenvalue weighted by Gasteiger charge is 2.33. The molecule has 1 aliphatic carbocycles. The van der Waals surface area contributed by atoms with E-state index in [2.05, 4.69) is 23.9 Å². The third-order valence-corrected chi connectivity index (χ3v) is 5.30. The second-order valence-electron chi connectivity index (χ2n) is 5.80. The molecule has 0 bridgehead atoms. The molecule has 0 atom stereocenters. The van der Waals surface area contributed by atoms with Crippen LogP contribution < -0.4 is 10.0 Å². The molecule has 0 aromatic rings. The van der Waals surface area contributed by atoms with Crippen molar-refractivity contribution >= 4 is 10.2 Å². The lowest BCUT2D eigenvalue weighted by Gasteiger charge is -2.31. The third kappa shape index (κ3) is 4.19. The van der Waals surface area contributed by atoms with E-state index in [1.54, 1.807) is 4.31 Å². The van der Waals surface area contributed by atoms with E-state index in [-0.39, 0.29) is 6.04 Å². The SMILES string of the molecule is CC(C)NCC1CCN(S(=O)(=O)NC2CC2)CC1. The molecule has 2 N–H and O–H groups in total. The van der Waals surface area contributed by atoms with Crippen molar-refractivity contribution in [3.05, 3.63) is 0 Å². The molecule has 0 unspecified atom stereocenters. The molecule has 2 fully saturated rings. The highest BCUT2D eigenvalue weighted by Crippen LogP contribution is 2.23. The van der Waals surface area contributed by atoms with Gasteiger partial charge in [0.2, 0.25) is 0 Å². The van der Waals surface area contributed by atoms with E-state index < -0.39 is 10.2 Å². The molecule has 2 aliphatic rings. The lowest BCUT2D eigenvalue weighted by molar-refractivity contribution is 0.261. The van der Waals surface area contributed by atoms with Crippen molar-refractivity contribution in [1.82, 2.24) is 14.3 Å². The highest BCUT2D eigenvalue weighted by molar-refractivity contribution is 7.87. The van der Waals surface area contributed by atoms with Crippen LogP contribution in [0.15, 0.2) is 0 Å². The van der Waals surface area contributed by atoms with Crippen molar-refractivity contribution in [3.63, 3.8) is 0 Å². The maximum absolute atomic E-state index is 12.0. The minimum atomic E-state index is -3.21. The van der Waals surface area contributed by atoms with Crippen molar-refractivity contribution in [1.29, 1.82) is 0 Å². The van der Waals surface area contributed by atoms with Crippen molar-refractivity contribution < 1.29 is 8.42 Å². The van der Waals surface area contributed by atoms with Gasteiger partial charge in [0, 0.05) is 25.2 Å². The summed E-state index contributed by atoms with van der Waals surface area (Å²) in [4.78, 5) is 0. The minimum Gasteiger partial charge on any atom is -0.314 e. The first-order valence-electron chi connectivity index (χ1n) is 6.98. The Labute approximate surface area is 110 Å². The van der Waals surface area contributed by atoms with Crippen LogP contribution in [0, 0.1) is 5.92 Å². The zero-order chi connectivity index (χ0) is 13.2. The van der Waals surface area contributed by atoms with Crippen LogP contribution in [0.25, 0.3) is 0 Å². The smallest absolute Gasteiger partial charge is 0.279 e. The van der Waals surface area contributed by atoms with Crippen molar-refractivity contribution in [2.24, 2.45) is 5.92 Å². The first-order valence-corrected chi connectivity index (χ1v) is 8.42. The molecule has 0 amide bonds. The molecule has 1 aliphatic heterocycles. The average Bonchev–Trinajstić information content (AvgIpc) is 3.10. The van der Waals surface area contributed by atoms with Gasteiger partial charge in [-0.3, -0.25) is 0 Å². The zero-order valence-electron chi connectivity index (χ0n) is 11.4. The van der Waals surface area contributed by atoms with E-state index in [1.807, 2.05) is 0 Å². The van der Waals surface area contributed by atoms with Crippen molar-refractivity contribution in [2.45, 2.75) is 51.6 Å². The molecule has 0 aromatic carbocycles. The molecule has 1 saturated heterocycles. The third-order valence-electron chi connectivity index (χ3n) is 3.62. The normalized spacial score (nSPS) is 23.7. The molecule has 106 valence electrons. The van der Waals surface area contributed by atoms with Crippen LogP contribution in [0.4, 0.5) is 0 Å². The van der Waals surface area contributed by atoms with Gasteiger partial charge in [-0.05, 0) is 38.1 Å². The fourth-order valence-electron chi connectivity index (χ4n) is 2.24. The van der Waals surface area contributed by atoms with E-state index in [0.29, 0.717) is 25.0 Å². The number of hydrogen-bond acceptors (Lipinski definition) is 3. The van der Waals surface area contributed by atoms with Gasteiger partial charge >= 0.3 is 0 Å². The standard InChI is InChI=1S/C12H25N3O2S/c1-10(2)13-9-11-5-7-15(8-6-11)18(16,17)14-12-3-4-12/h10-14H,3-9H2,1-2H3. The first-order chi connectivity index (χ1) is 8.47. The molecule has 1 heterocycles. The molecular weight excluding hydrogens is 250 g/mol. The maximum Gasteiger partial charge on any atom is 0.279 e. The Morgan fingerprint density at radius 2 is 1.78 bits per heavy atom. The Morgan fingerprint density at radius 1 is 1.17 bits per heavy atom. The molecule has 2 rings (SSSR count). The Bertz CT molecular complexity index is 358. The molecule has 1 saturated carbocycles. The summed E-state index contributed by atoms with van der Waals surface area (Å²) >= 11 is 0. The maximum atomic E-state index is 12.0. The van der Waals surface area contributed by atoms with Crippen LogP contribution >= 0.6 is 0 Å². The molecule has 5 nitrogen and oxygen atoms in total. The molecular formula is C12H25N3O2S. The number of nitrogens with one attached hydrogen (secondary N) is 2. The largest absolute Gasteiger partial charge is 0.314 e. The van der Waals surface area contributed by atoms with Gasteiger partial charge in [0.25, 0.3) is 10.2 Å². The number of piperidine rings is 1. The second-order valence-corrected chi connectivity index (χ2v) is 7.50. The van der Waals surface area contributed by atoms with E-state index in [9.17, 15) is 8.42 Å². The monoisotopic (exact) mass is 275 g/mol. The Kier molecular flexibility index (Phi) is 4.64. The molecule has 18 heavy (non-hydrogen) atoms. The van der Waals surface area contributed by atoms with Crippen LogP contribution in [0.5, 0.6) is 0 Å². The van der Waals surface area contributed by atoms with E-state index >= 15 is 0 Å². The average molecular weight is 275 g/mol. The summed E-state index contributed by atoms with van der Waals surface area (Å²) in [7, 11) is -3.21. The quantitative estimate of drug-likeness (QED) is 0.750. The summed E-state index contributed by atoms with van der Waals surface area (Å²) in [5.41, 5.74) is 0. The summed E-state index contributed by atoms with van der Waals surface area (Å²) in [6, 6.07) is 0.707. The Morgan fingerprint density at radius 3 is 2.28 bits per heavy atom. The lowest BCUT2D eigenvalue weighted by atomic mass is 9.98. The Hall–Kier alpha value is -0.170. The van der Waals surface area contributed by atoms with Gasteiger partial charge in [-0.25, -0.2) is 0 Å². The zero-order valence-corrected chi connectivity index (χ0v) is 12.2. The van der Waals surface area contributed by atoms with Crippen LogP contribution in [-0.2, 0) is 10.2 Å². The predicted octanol–water partition coefficient (Wildman–Crippen LogP) is 0.693. The van der Waals surface area contributed by atoms with Gasteiger partial charge in [-0.1, -0.05) is 13.8 Å². The molecule has 0 radical (unpaired) electrons. The van der Waals surface area contributed by atoms with Gasteiger partial charge in [-0.2, -0.15) is 17.4 Å². The summed E-state index contributed by atoms with van der Waals surface area (Å²) in [6.07, 6.45) is 3.92. The lowest BCUT2D eigenvalue weighted by Crippen LogP contribution is -2.47. The summed E-state index contributed by atoms with van der Waals surface area (Å²) < 4.78 is 28.4. The molecule has 0 spiro atoms. The fourth-order valence-corrected chi connectivity index (χ4v) is 3.74. The number of rotatable bonds is 6. The first kappa shape index (κ1) is 14.2. The second kappa shape index (κ2) is 5.86. The summed E-state index contributed by atoms with van der Waals surface area (Å²) in [6.45, 7) is 6.60. The van der Waals surface area contributed by atoms with Crippen LogP contribution in [0.2, 0.25) is 0 Å². The summed E-state index contributed by atoms with van der Waals surface area (Å²) in [5, 5.41) is 3.43. The number of nitrogens with zero attached hydrogens (tertiary/aromatic N) is 1. The summed E-state index contributed by atoms with van der Waals surface area (Å²) in [5.74, 6) is 0.611. The van der Waals surface area contributed by atoms with E-state index in [1.165, 1.54) is 0 Å². The fraction of sp³-hybridized carbons (Fsp3) is 1.00. The van der Waals surface area contributed by atoms with Crippen molar-refractivity contribution in [2.75, 3.05) is 19.6 Å². The molecule has 0 aromatic heterocycles. The van der Waals surface area contributed by atoms with Crippen LogP contribution in [0.1, 0.15) is 39.5 Å². The highest BCUT2D eigenvalue weighted by atomic mass is 32.2. The van der Waals surface area contributed by atoms with Gasteiger partial charge in [0.15, 0.2) is 0 Å². The van der Waals surface area contributed by atoms with E-state index in [4.69, 9.17) is 0 Å². The minimum absolute atomic E-state index is 0.204. The topological polar surface area (TPSA) is 61.4 Å². The van der Waals surface area contributed by atoms with Gasteiger partial charge in [0.1, 0.15) is 0 Å². The van der Waals surface area contributed by atoms with Crippen molar-refractivity contribution in [3.8, 4) is 0 Å². The van der Waals surface area contributed by atoms with Gasteiger partial charge < -0.3 is 5.32 Å². The van der Waals surface area contributed by atoms with Crippen LogP contribution in [-0.4, -0.2) is 44.4 Å². The number of hydrogen-bond donors (Lipinski definition) is 2. The van der Waals surface area contributed by atoms with Crippen LogP contribution in [0.3, 0.4) is 0 Å². The van der Waals surface area contributed by atoms with Gasteiger partial charge in [-0.15, -0.1) is 0 Å². The molecule has 6 heteroatoms. The van der Waals surface area contributed by atoms with Gasteiger partial charge in [0.05, 0.1) is 0 Å². The van der Waals surface area contributed by atoms with E-state index in [0.717, 1.165) is 32.2 Å².